The van der Waals surface area contributed by atoms with Crippen LogP contribution in [0.25, 0.3) is 0 Å². The van der Waals surface area contributed by atoms with Crippen molar-refractivity contribution < 1.29 is 9.26 Å². The van der Waals surface area contributed by atoms with E-state index in [1.165, 1.54) is 5.75 Å². The Bertz CT molecular complexity index is 429. The first kappa shape index (κ1) is 13.7. The van der Waals surface area contributed by atoms with Gasteiger partial charge in [0.1, 0.15) is 0 Å². The smallest absolute Gasteiger partial charge is 0.243 e. The quantitative estimate of drug-likeness (QED) is 0.916. The van der Waals surface area contributed by atoms with E-state index >= 15 is 0 Å². The third-order valence-electron chi connectivity index (χ3n) is 3.62. The molecule has 2 unspecified atom stereocenters. The van der Waals surface area contributed by atoms with Gasteiger partial charge < -0.3 is 14.6 Å². The van der Waals surface area contributed by atoms with Crippen LogP contribution >= 0.6 is 23.5 Å². The monoisotopic (exact) mass is 301 g/mol. The van der Waals surface area contributed by atoms with Gasteiger partial charge >= 0.3 is 0 Å². The zero-order valence-corrected chi connectivity index (χ0v) is 12.8. The molecule has 5 nitrogen and oxygen atoms in total. The van der Waals surface area contributed by atoms with E-state index in [0.29, 0.717) is 16.4 Å². The van der Waals surface area contributed by atoms with Crippen molar-refractivity contribution in [2.24, 2.45) is 0 Å². The summed E-state index contributed by atoms with van der Waals surface area (Å²) in [5, 5.41) is 8.46. The average molecular weight is 301 g/mol. The van der Waals surface area contributed by atoms with E-state index in [2.05, 4.69) is 22.4 Å². The van der Waals surface area contributed by atoms with Crippen LogP contribution in [0, 0.1) is 0 Å². The number of rotatable bonds is 3. The third-order valence-corrected chi connectivity index (χ3v) is 6.71. The summed E-state index contributed by atoms with van der Waals surface area (Å²) in [5.74, 6) is 3.93. The Morgan fingerprint density at radius 2 is 2.21 bits per heavy atom. The molecule has 0 amide bonds. The summed E-state index contributed by atoms with van der Waals surface area (Å²) >= 11 is 3.92. The van der Waals surface area contributed by atoms with Gasteiger partial charge in [-0.15, -0.1) is 11.8 Å². The molecule has 1 aromatic rings. The molecule has 19 heavy (non-hydrogen) atoms. The fourth-order valence-electron chi connectivity index (χ4n) is 2.49. The lowest BCUT2D eigenvalue weighted by Crippen LogP contribution is -2.18. The van der Waals surface area contributed by atoms with Crippen molar-refractivity contribution >= 4 is 23.5 Å². The SMILES string of the molecule is CO[C@@H]1CN[C@@H](c2nc(C3SCCSC3C)no2)C1. The molecule has 0 radical (unpaired) electrons. The summed E-state index contributed by atoms with van der Waals surface area (Å²) in [4.78, 5) is 4.61. The fourth-order valence-corrected chi connectivity index (χ4v) is 5.17. The van der Waals surface area contributed by atoms with Crippen molar-refractivity contribution in [3.05, 3.63) is 11.7 Å². The highest BCUT2D eigenvalue weighted by atomic mass is 32.2. The molecule has 0 spiro atoms. The van der Waals surface area contributed by atoms with E-state index in [0.717, 1.165) is 24.5 Å². The molecule has 3 rings (SSSR count). The maximum Gasteiger partial charge on any atom is 0.243 e. The van der Waals surface area contributed by atoms with Crippen molar-refractivity contribution in [2.75, 3.05) is 25.2 Å². The van der Waals surface area contributed by atoms with Gasteiger partial charge in [-0.3, -0.25) is 0 Å². The van der Waals surface area contributed by atoms with Crippen LogP contribution in [0.5, 0.6) is 0 Å². The maximum atomic E-state index is 5.44. The van der Waals surface area contributed by atoms with Gasteiger partial charge in [0.2, 0.25) is 5.89 Å². The zero-order chi connectivity index (χ0) is 13.2. The van der Waals surface area contributed by atoms with Crippen LogP contribution < -0.4 is 5.32 Å². The summed E-state index contributed by atoms with van der Waals surface area (Å²) in [6, 6.07) is 0.141. The second-order valence-electron chi connectivity index (χ2n) is 4.91. The number of hydrogen-bond acceptors (Lipinski definition) is 7. The van der Waals surface area contributed by atoms with E-state index in [1.54, 1.807) is 7.11 Å². The normalized spacial score (nSPS) is 35.7. The topological polar surface area (TPSA) is 60.2 Å². The van der Waals surface area contributed by atoms with Gasteiger partial charge in [-0.2, -0.15) is 16.7 Å². The van der Waals surface area contributed by atoms with Crippen molar-refractivity contribution in [3.63, 3.8) is 0 Å². The molecule has 106 valence electrons. The minimum atomic E-state index is 0.141. The Morgan fingerprint density at radius 1 is 1.37 bits per heavy atom. The maximum absolute atomic E-state index is 5.44. The minimum absolute atomic E-state index is 0.141. The van der Waals surface area contributed by atoms with Crippen molar-refractivity contribution in [1.82, 2.24) is 15.5 Å². The van der Waals surface area contributed by atoms with E-state index in [4.69, 9.17) is 9.26 Å². The van der Waals surface area contributed by atoms with Crippen LogP contribution in [0.15, 0.2) is 4.52 Å². The van der Waals surface area contributed by atoms with Crippen LogP contribution in [-0.2, 0) is 4.74 Å². The molecule has 1 N–H and O–H groups in total. The summed E-state index contributed by atoms with van der Waals surface area (Å²) in [5.41, 5.74) is 0. The van der Waals surface area contributed by atoms with Crippen molar-refractivity contribution in [2.45, 2.75) is 36.0 Å². The standard InChI is InChI=1S/C12H19N3O2S2/c1-7-10(19-4-3-18-7)11-14-12(17-15-11)9-5-8(16-2)6-13-9/h7-10,13H,3-6H2,1-2H3/t7?,8-,9+,10?/m0/s1. The highest BCUT2D eigenvalue weighted by Gasteiger charge is 2.32. The van der Waals surface area contributed by atoms with E-state index in [9.17, 15) is 0 Å². The lowest BCUT2D eigenvalue weighted by atomic mass is 10.2. The molecule has 2 saturated heterocycles. The number of nitrogens with one attached hydrogen (secondary N) is 1. The third kappa shape index (κ3) is 2.94. The second kappa shape index (κ2) is 6.03. The second-order valence-corrected chi connectivity index (χ2v) is 7.65. The van der Waals surface area contributed by atoms with Crippen LogP contribution in [0.4, 0.5) is 0 Å². The molecule has 4 atom stereocenters. The number of aromatic nitrogens is 2. The minimum Gasteiger partial charge on any atom is -0.380 e. The van der Waals surface area contributed by atoms with E-state index in [1.807, 2.05) is 23.5 Å². The molecule has 0 saturated carbocycles. The number of ether oxygens (including phenoxy) is 1. The molecule has 7 heteroatoms. The van der Waals surface area contributed by atoms with Gasteiger partial charge in [0.15, 0.2) is 5.82 Å². The molecule has 2 fully saturated rings. The van der Waals surface area contributed by atoms with Gasteiger partial charge in [-0.25, -0.2) is 0 Å². The van der Waals surface area contributed by atoms with Crippen molar-refractivity contribution in [3.8, 4) is 0 Å². The summed E-state index contributed by atoms with van der Waals surface area (Å²) < 4.78 is 10.8. The molecule has 3 heterocycles. The van der Waals surface area contributed by atoms with E-state index < -0.39 is 0 Å². The Labute approximate surface area is 121 Å². The van der Waals surface area contributed by atoms with Gasteiger partial charge in [-0.05, 0) is 6.42 Å². The lowest BCUT2D eigenvalue weighted by Gasteiger charge is -2.24. The highest BCUT2D eigenvalue weighted by Crippen LogP contribution is 2.41. The van der Waals surface area contributed by atoms with Crippen LogP contribution in [0.1, 0.15) is 36.4 Å². The van der Waals surface area contributed by atoms with Gasteiger partial charge in [0, 0.05) is 30.4 Å². The van der Waals surface area contributed by atoms with E-state index in [-0.39, 0.29) is 12.1 Å². The predicted molar refractivity (Wildman–Crippen MR) is 77.6 cm³/mol. The Hall–Kier alpha value is -0.240. The Balaban J connectivity index is 1.69. The molecule has 0 bridgehead atoms. The molecule has 1 aromatic heterocycles. The van der Waals surface area contributed by atoms with Crippen LogP contribution in [0.2, 0.25) is 0 Å². The Kier molecular flexibility index (Phi) is 4.36. The van der Waals surface area contributed by atoms with Gasteiger partial charge in [0.25, 0.3) is 0 Å². The first-order chi connectivity index (χ1) is 9.28. The number of hydrogen-bond donors (Lipinski definition) is 1. The summed E-state index contributed by atoms with van der Waals surface area (Å²) in [6.45, 7) is 3.09. The first-order valence-corrected chi connectivity index (χ1v) is 8.70. The van der Waals surface area contributed by atoms with Gasteiger partial charge in [-0.1, -0.05) is 12.1 Å². The number of thioether (sulfide) groups is 2. The van der Waals surface area contributed by atoms with Crippen LogP contribution in [0.3, 0.4) is 0 Å². The fraction of sp³-hybridized carbons (Fsp3) is 0.833. The predicted octanol–water partition coefficient (Wildman–Crippen LogP) is 2.03. The van der Waals surface area contributed by atoms with Gasteiger partial charge in [0.05, 0.1) is 17.4 Å². The largest absolute Gasteiger partial charge is 0.380 e. The molecule has 0 aromatic carbocycles. The summed E-state index contributed by atoms with van der Waals surface area (Å²) in [7, 11) is 1.74. The molecular formula is C12H19N3O2S2. The zero-order valence-electron chi connectivity index (χ0n) is 11.2. The number of nitrogens with zero attached hydrogens (tertiary/aromatic N) is 2. The lowest BCUT2D eigenvalue weighted by molar-refractivity contribution is 0.116. The number of methoxy groups -OCH3 is 1. The average Bonchev–Trinajstić information content (AvgIpc) is 3.08. The molecule has 2 aliphatic heterocycles. The first-order valence-electron chi connectivity index (χ1n) is 6.61. The van der Waals surface area contributed by atoms with Crippen LogP contribution in [-0.4, -0.2) is 46.7 Å². The molecule has 0 aliphatic carbocycles. The van der Waals surface area contributed by atoms with Crippen molar-refractivity contribution in [1.29, 1.82) is 0 Å². The Morgan fingerprint density at radius 3 is 2.95 bits per heavy atom. The summed E-state index contributed by atoms with van der Waals surface area (Å²) in [6.07, 6.45) is 1.15. The highest BCUT2D eigenvalue weighted by molar-refractivity contribution is 8.06. The molecular weight excluding hydrogens is 282 g/mol. The molecule has 2 aliphatic rings.